The van der Waals surface area contributed by atoms with Gasteiger partial charge in [-0.2, -0.15) is 0 Å². The van der Waals surface area contributed by atoms with Gasteiger partial charge in [-0.1, -0.05) is 72.8 Å². The summed E-state index contributed by atoms with van der Waals surface area (Å²) in [4.78, 5) is 143. The van der Waals surface area contributed by atoms with E-state index in [1.165, 1.54) is 36.4 Å². The molecule has 0 atom stereocenters. The molecule has 12 nitrogen and oxygen atoms in total. The summed E-state index contributed by atoms with van der Waals surface area (Å²) in [6.07, 6.45) is 0. The molecule has 0 bridgehead atoms. The van der Waals surface area contributed by atoms with Gasteiger partial charge in [0.2, 0.25) is 0 Å². The molecule has 0 spiro atoms. The first-order chi connectivity index (χ1) is 25.8. The van der Waals surface area contributed by atoms with Crippen molar-refractivity contribution in [3.05, 3.63) is 263 Å². The van der Waals surface area contributed by atoms with E-state index in [0.717, 1.165) is 36.4 Å². The lowest BCUT2D eigenvalue weighted by molar-refractivity contribution is 1.31. The monoisotopic (exact) mass is 714 g/mol. The second-order valence-corrected chi connectivity index (χ2v) is 12.0. The predicted octanol–water partition coefficient (Wildman–Crippen LogP) is -0.357. The van der Waals surface area contributed by atoms with Crippen LogP contribution in [0, 0.1) is 31.3 Å². The quantitative estimate of drug-likeness (QED) is 0.198. The zero-order valence-electron chi connectivity index (χ0n) is 27.3. The molecule has 0 amide bonds. The molecule has 0 saturated carbocycles. The third-order valence-corrected chi connectivity index (χ3v) is 9.00. The fraction of sp³-hybridized carbons (Fsp3) is 0. The van der Waals surface area contributed by atoms with E-state index in [4.69, 9.17) is 0 Å². The number of benzene rings is 3. The maximum absolute atomic E-state index is 12.1. The van der Waals surface area contributed by atoms with Crippen LogP contribution >= 0.6 is 0 Å². The Kier molecular flexibility index (Phi) is 8.35. The van der Waals surface area contributed by atoms with Crippen molar-refractivity contribution in [3.8, 4) is 0 Å². The first-order valence-electron chi connectivity index (χ1n) is 15.9. The number of hydrogen-bond acceptors (Lipinski definition) is 12. The van der Waals surface area contributed by atoms with Crippen LogP contribution in [0.1, 0.15) is 0 Å². The molecule has 6 aliphatic carbocycles. The van der Waals surface area contributed by atoms with E-state index in [1.54, 1.807) is 36.4 Å². The zero-order valence-corrected chi connectivity index (χ0v) is 27.3. The van der Waals surface area contributed by atoms with Crippen LogP contribution in [0.5, 0.6) is 0 Å². The van der Waals surface area contributed by atoms with Crippen molar-refractivity contribution < 1.29 is 0 Å². The minimum absolute atomic E-state index is 0.178. The van der Waals surface area contributed by atoms with Gasteiger partial charge >= 0.3 is 0 Å². The average molecular weight is 715 g/mol. The van der Waals surface area contributed by atoms with E-state index in [9.17, 15) is 57.5 Å². The number of rotatable bonds is 0. The van der Waals surface area contributed by atoms with E-state index in [0.29, 0.717) is 0 Å². The molecule has 54 heavy (non-hydrogen) atoms. The maximum Gasteiger partial charge on any atom is 0.198 e. The molecular weight excluding hydrogens is 696 g/mol. The summed E-state index contributed by atoms with van der Waals surface area (Å²) in [7, 11) is 0. The van der Waals surface area contributed by atoms with Crippen molar-refractivity contribution in [3.63, 3.8) is 0 Å². The Morgan fingerprint density at radius 2 is 0.315 bits per heavy atom. The normalized spacial score (nSPS) is 11.1. The summed E-state index contributed by atoms with van der Waals surface area (Å²) in [5.74, 6) is 0. The minimum Gasteiger partial charge on any atom is -0.289 e. The van der Waals surface area contributed by atoms with Crippen LogP contribution in [-0.2, 0) is 0 Å². The van der Waals surface area contributed by atoms with Crippen LogP contribution in [0.2, 0.25) is 0 Å². The van der Waals surface area contributed by atoms with E-state index >= 15 is 0 Å². The molecule has 0 saturated heterocycles. The van der Waals surface area contributed by atoms with Crippen molar-refractivity contribution in [2.75, 3.05) is 0 Å². The second kappa shape index (κ2) is 13.0. The summed E-state index contributed by atoms with van der Waals surface area (Å²) >= 11 is 0. The lowest BCUT2D eigenvalue weighted by Crippen LogP contribution is -2.27. The number of hydrogen-bond donors (Lipinski definition) is 0. The first kappa shape index (κ1) is 34.6. The molecule has 3 aromatic carbocycles. The Balaban J connectivity index is 0.000000125. The molecule has 0 unspecified atom stereocenters. The second-order valence-electron chi connectivity index (χ2n) is 12.0. The smallest absolute Gasteiger partial charge is 0.198 e. The average Bonchev–Trinajstić information content (AvgIpc) is 3.18. The molecule has 0 radical (unpaired) electrons. The summed E-state index contributed by atoms with van der Waals surface area (Å²) < 4.78 is 0. The van der Waals surface area contributed by atoms with Crippen molar-refractivity contribution >= 4 is 32.3 Å². The lowest BCUT2D eigenvalue weighted by Gasteiger charge is -1.95. The van der Waals surface area contributed by atoms with Crippen LogP contribution < -0.4 is 65.1 Å². The topological polar surface area (TPSA) is 205 Å². The fourth-order valence-electron chi connectivity index (χ4n) is 6.49. The highest BCUT2D eigenvalue weighted by Gasteiger charge is 2.14. The molecule has 3 aromatic rings. The lowest BCUT2D eigenvalue weighted by atomic mass is 10.0. The van der Waals surface area contributed by atoms with Gasteiger partial charge in [0.1, 0.15) is 0 Å². The Morgan fingerprint density at radius 1 is 0.185 bits per heavy atom. The zero-order chi connectivity index (χ0) is 38.6. The molecule has 0 aliphatic heterocycles. The molecule has 0 heterocycles. The fourth-order valence-corrected chi connectivity index (χ4v) is 6.49. The van der Waals surface area contributed by atoms with Crippen molar-refractivity contribution in [2.24, 2.45) is 0 Å². The van der Waals surface area contributed by atoms with E-state index in [2.05, 4.69) is 0 Å². The highest BCUT2D eigenvalue weighted by Crippen LogP contribution is 2.06. The third kappa shape index (κ3) is 5.33. The molecule has 6 aliphatic rings. The van der Waals surface area contributed by atoms with Gasteiger partial charge in [0.15, 0.2) is 65.1 Å². The van der Waals surface area contributed by atoms with E-state index in [-0.39, 0.29) is 63.6 Å². The van der Waals surface area contributed by atoms with Gasteiger partial charge in [-0.15, -0.1) is 0 Å². The van der Waals surface area contributed by atoms with Crippen LogP contribution in [0.3, 0.4) is 0 Å². The maximum atomic E-state index is 12.1. The Morgan fingerprint density at radius 3 is 0.444 bits per heavy atom. The Bertz CT molecular complexity index is 3280. The van der Waals surface area contributed by atoms with Crippen LogP contribution in [0.4, 0.5) is 0 Å². The van der Waals surface area contributed by atoms with Gasteiger partial charge in [-0.25, -0.2) is 0 Å². The molecular formula is C42H18O12. The van der Waals surface area contributed by atoms with E-state index in [1.807, 2.05) is 0 Å². The highest BCUT2D eigenvalue weighted by atomic mass is 16.2. The van der Waals surface area contributed by atoms with Gasteiger partial charge in [0.25, 0.3) is 0 Å². The van der Waals surface area contributed by atoms with E-state index < -0.39 is 65.1 Å². The highest BCUT2D eigenvalue weighted by molar-refractivity contribution is 5.83. The molecule has 0 N–H and O–H groups in total. The molecule has 0 aromatic heterocycles. The van der Waals surface area contributed by atoms with Crippen LogP contribution in [-0.4, -0.2) is 0 Å². The van der Waals surface area contributed by atoms with Crippen molar-refractivity contribution in [1.29, 1.82) is 0 Å². The first-order valence-corrected chi connectivity index (χ1v) is 15.9. The summed E-state index contributed by atoms with van der Waals surface area (Å²) in [5, 5.41) is -0.728. The third-order valence-electron chi connectivity index (χ3n) is 9.00. The Hall–Kier alpha value is -7.86. The SMILES string of the molecule is O=c1ccc(=O)c2c(=O)c3ccccc3c(=O)c1=2.O=c1ccc(=O)c2c(=O)c3ccccc3c(=O)c1=2.O=c1ccc(=O)c2c(=O)c3ccccc3c(=O)c1=2. The van der Waals surface area contributed by atoms with Crippen molar-refractivity contribution in [1.82, 2.24) is 0 Å². The predicted molar refractivity (Wildman–Crippen MR) is 200 cm³/mol. The van der Waals surface area contributed by atoms with Crippen LogP contribution in [0.15, 0.2) is 167 Å². The van der Waals surface area contributed by atoms with Gasteiger partial charge in [-0.3, -0.25) is 57.5 Å². The van der Waals surface area contributed by atoms with Gasteiger partial charge in [0.05, 0.1) is 31.3 Å². The summed E-state index contributed by atoms with van der Waals surface area (Å²) in [6.45, 7) is 0. The van der Waals surface area contributed by atoms with Gasteiger partial charge < -0.3 is 0 Å². The Labute approximate surface area is 295 Å². The molecule has 9 rings (SSSR count). The minimum atomic E-state index is -0.586. The molecule has 12 heteroatoms. The summed E-state index contributed by atoms with van der Waals surface area (Å²) in [6, 6.07) is 24.7. The van der Waals surface area contributed by atoms with Crippen molar-refractivity contribution in [2.45, 2.75) is 0 Å². The summed E-state index contributed by atoms with van der Waals surface area (Å²) in [5.41, 5.74) is -6.83. The number of fused-ring (bicyclic) bond motifs is 3. The largest absolute Gasteiger partial charge is 0.289 e. The molecule has 258 valence electrons. The standard InChI is InChI=1S/3C14H6O4/c3*15-9-5-6-10(16)12-11(9)13(17)7-3-1-2-4-8(7)14(12)18/h3*1-6H. The van der Waals surface area contributed by atoms with Crippen LogP contribution in [0.25, 0.3) is 32.3 Å². The van der Waals surface area contributed by atoms with Gasteiger partial charge in [-0.05, 0) is 36.4 Å². The van der Waals surface area contributed by atoms with Gasteiger partial charge in [0, 0.05) is 32.3 Å². The molecule has 0 fully saturated rings.